The van der Waals surface area contributed by atoms with E-state index in [0.29, 0.717) is 6.17 Å². The summed E-state index contributed by atoms with van der Waals surface area (Å²) in [4.78, 5) is 0. The van der Waals surface area contributed by atoms with E-state index in [2.05, 4.69) is 17.6 Å². The lowest BCUT2D eigenvalue weighted by molar-refractivity contribution is 0.529. The summed E-state index contributed by atoms with van der Waals surface area (Å²) in [7, 11) is 0. The van der Waals surface area contributed by atoms with E-state index in [9.17, 15) is 0 Å². The Kier molecular flexibility index (Phi) is 1.65. The first-order valence-corrected chi connectivity index (χ1v) is 2.83. The molecule has 0 spiro atoms. The molecule has 2 nitrogen and oxygen atoms in total. The van der Waals surface area contributed by atoms with Crippen molar-refractivity contribution in [1.29, 1.82) is 0 Å². The molecular formula is C5H11N2. The van der Waals surface area contributed by atoms with Gasteiger partial charge in [-0.2, -0.15) is 0 Å². The predicted molar refractivity (Wildman–Crippen MR) is 29.1 cm³/mol. The highest BCUT2D eigenvalue weighted by atomic mass is 15.2. The van der Waals surface area contributed by atoms with Crippen LogP contribution in [-0.4, -0.2) is 19.3 Å². The van der Waals surface area contributed by atoms with Gasteiger partial charge in [-0.1, -0.05) is 6.92 Å². The van der Waals surface area contributed by atoms with Crippen LogP contribution in [0.3, 0.4) is 0 Å². The van der Waals surface area contributed by atoms with Crippen molar-refractivity contribution in [2.24, 2.45) is 0 Å². The fourth-order valence-corrected chi connectivity index (χ4v) is 0.790. The standard InChI is InChI=1S/C5H11N2/c1-2-5-6-3-4-7-5/h5-6H,2-4H2,1H3. The Bertz CT molecular complexity index is 48.0. The molecule has 1 heterocycles. The van der Waals surface area contributed by atoms with Crippen LogP contribution in [0.25, 0.3) is 0 Å². The molecule has 1 fully saturated rings. The molecule has 1 aliphatic heterocycles. The Labute approximate surface area is 44.3 Å². The van der Waals surface area contributed by atoms with Crippen molar-refractivity contribution in [1.82, 2.24) is 10.6 Å². The summed E-state index contributed by atoms with van der Waals surface area (Å²) in [6.45, 7) is 4.24. The minimum Gasteiger partial charge on any atom is -0.299 e. The third-order valence-corrected chi connectivity index (χ3v) is 1.23. The van der Waals surface area contributed by atoms with Gasteiger partial charge < -0.3 is 0 Å². The van der Waals surface area contributed by atoms with Gasteiger partial charge in [-0.3, -0.25) is 5.32 Å². The van der Waals surface area contributed by atoms with Gasteiger partial charge in [0, 0.05) is 13.1 Å². The smallest absolute Gasteiger partial charge is 0.0734 e. The Morgan fingerprint density at radius 2 is 2.71 bits per heavy atom. The van der Waals surface area contributed by atoms with E-state index in [4.69, 9.17) is 0 Å². The quantitative estimate of drug-likeness (QED) is 0.489. The average molecular weight is 99.2 g/mol. The molecule has 2 heteroatoms. The molecule has 0 saturated carbocycles. The molecule has 1 rings (SSSR count). The second kappa shape index (κ2) is 2.28. The van der Waals surface area contributed by atoms with Crippen LogP contribution in [0.5, 0.6) is 0 Å². The normalized spacial score (nSPS) is 23.6. The fourth-order valence-electron chi connectivity index (χ4n) is 0.790. The van der Waals surface area contributed by atoms with Crippen molar-refractivity contribution >= 4 is 0 Å². The number of hydrogen-bond donors (Lipinski definition) is 1. The van der Waals surface area contributed by atoms with Crippen LogP contribution in [0.2, 0.25) is 0 Å². The highest BCUT2D eigenvalue weighted by Crippen LogP contribution is 1.90. The summed E-state index contributed by atoms with van der Waals surface area (Å²) in [5, 5.41) is 7.48. The zero-order chi connectivity index (χ0) is 5.11. The second-order valence-electron chi connectivity index (χ2n) is 1.78. The van der Waals surface area contributed by atoms with Gasteiger partial charge in [0.1, 0.15) is 0 Å². The molecular weight excluding hydrogens is 88.1 g/mol. The summed E-state index contributed by atoms with van der Waals surface area (Å²) in [5.74, 6) is 0. The maximum atomic E-state index is 4.24. The molecule has 0 aromatic rings. The molecule has 41 valence electrons. The summed E-state index contributed by atoms with van der Waals surface area (Å²) in [6.07, 6.45) is 1.61. The van der Waals surface area contributed by atoms with Crippen LogP contribution in [0.1, 0.15) is 13.3 Å². The first-order valence-electron chi connectivity index (χ1n) is 2.83. The van der Waals surface area contributed by atoms with E-state index in [-0.39, 0.29) is 0 Å². The van der Waals surface area contributed by atoms with Gasteiger partial charge in [0.2, 0.25) is 0 Å². The van der Waals surface area contributed by atoms with E-state index < -0.39 is 0 Å². The topological polar surface area (TPSA) is 26.1 Å². The number of nitrogens with one attached hydrogen (secondary N) is 1. The van der Waals surface area contributed by atoms with Crippen LogP contribution >= 0.6 is 0 Å². The Balaban J connectivity index is 2.14. The summed E-state index contributed by atoms with van der Waals surface area (Å²) >= 11 is 0. The van der Waals surface area contributed by atoms with Crippen LogP contribution in [0.15, 0.2) is 0 Å². The Morgan fingerprint density at radius 3 is 3.00 bits per heavy atom. The minimum atomic E-state index is 0.472. The van der Waals surface area contributed by atoms with Crippen molar-refractivity contribution in [3.63, 3.8) is 0 Å². The molecule has 1 radical (unpaired) electrons. The lowest BCUT2D eigenvalue weighted by Crippen LogP contribution is -2.25. The molecule has 0 bridgehead atoms. The van der Waals surface area contributed by atoms with Gasteiger partial charge in [0.25, 0.3) is 0 Å². The van der Waals surface area contributed by atoms with Crippen LogP contribution in [0, 0.1) is 0 Å². The zero-order valence-electron chi connectivity index (χ0n) is 4.65. The molecule has 1 N–H and O–H groups in total. The average Bonchev–Trinajstić information content (AvgIpc) is 2.14. The lowest BCUT2D eigenvalue weighted by Gasteiger charge is -2.01. The number of nitrogens with zero attached hydrogens (tertiary/aromatic N) is 1. The fraction of sp³-hybridized carbons (Fsp3) is 1.00. The molecule has 1 aliphatic rings. The number of rotatable bonds is 1. The third kappa shape index (κ3) is 1.14. The predicted octanol–water partition coefficient (Wildman–Crippen LogP) is -0.0699. The van der Waals surface area contributed by atoms with Gasteiger partial charge in [0.15, 0.2) is 0 Å². The highest BCUT2D eigenvalue weighted by Gasteiger charge is 2.09. The summed E-state index contributed by atoms with van der Waals surface area (Å²) < 4.78 is 0. The maximum absolute atomic E-state index is 4.24. The van der Waals surface area contributed by atoms with Crippen LogP contribution in [-0.2, 0) is 0 Å². The molecule has 1 unspecified atom stereocenters. The first-order chi connectivity index (χ1) is 3.43. The van der Waals surface area contributed by atoms with E-state index >= 15 is 0 Å². The van der Waals surface area contributed by atoms with Crippen molar-refractivity contribution in [3.8, 4) is 0 Å². The van der Waals surface area contributed by atoms with Gasteiger partial charge in [-0.25, -0.2) is 5.32 Å². The van der Waals surface area contributed by atoms with Crippen molar-refractivity contribution in [3.05, 3.63) is 0 Å². The third-order valence-electron chi connectivity index (χ3n) is 1.23. The second-order valence-corrected chi connectivity index (χ2v) is 1.78. The van der Waals surface area contributed by atoms with Gasteiger partial charge in [0.05, 0.1) is 6.17 Å². The van der Waals surface area contributed by atoms with E-state index in [1.165, 1.54) is 0 Å². The van der Waals surface area contributed by atoms with E-state index in [0.717, 1.165) is 19.5 Å². The van der Waals surface area contributed by atoms with Gasteiger partial charge in [-0.15, -0.1) is 0 Å². The van der Waals surface area contributed by atoms with Crippen LogP contribution in [0.4, 0.5) is 0 Å². The summed E-state index contributed by atoms with van der Waals surface area (Å²) in [5.41, 5.74) is 0. The lowest BCUT2D eigenvalue weighted by atomic mass is 10.4. The van der Waals surface area contributed by atoms with Crippen molar-refractivity contribution < 1.29 is 0 Å². The highest BCUT2D eigenvalue weighted by molar-refractivity contribution is 4.69. The van der Waals surface area contributed by atoms with Crippen molar-refractivity contribution in [2.75, 3.05) is 13.1 Å². The molecule has 1 atom stereocenters. The zero-order valence-corrected chi connectivity index (χ0v) is 4.65. The van der Waals surface area contributed by atoms with Crippen LogP contribution < -0.4 is 10.6 Å². The van der Waals surface area contributed by atoms with Crippen molar-refractivity contribution in [2.45, 2.75) is 19.5 Å². The van der Waals surface area contributed by atoms with Gasteiger partial charge in [-0.05, 0) is 6.42 Å². The summed E-state index contributed by atoms with van der Waals surface area (Å²) in [6, 6.07) is 0. The Morgan fingerprint density at radius 1 is 1.86 bits per heavy atom. The van der Waals surface area contributed by atoms with Gasteiger partial charge >= 0.3 is 0 Å². The monoisotopic (exact) mass is 99.1 g/mol. The molecule has 0 aromatic heterocycles. The number of hydrogen-bond acceptors (Lipinski definition) is 1. The van der Waals surface area contributed by atoms with E-state index in [1.807, 2.05) is 0 Å². The molecule has 0 aliphatic carbocycles. The SMILES string of the molecule is CCC1[N]CCN1. The first kappa shape index (κ1) is 5.06. The molecule has 0 amide bonds. The Hall–Kier alpha value is -0.0800. The molecule has 1 saturated heterocycles. The largest absolute Gasteiger partial charge is 0.299 e. The van der Waals surface area contributed by atoms with E-state index in [1.54, 1.807) is 0 Å². The molecule has 7 heavy (non-hydrogen) atoms. The minimum absolute atomic E-state index is 0.472. The molecule has 0 aromatic carbocycles. The maximum Gasteiger partial charge on any atom is 0.0734 e.